The maximum Gasteiger partial charge on any atom is 0.136 e. The molecular weight excluding hydrogens is 234 g/mol. The quantitative estimate of drug-likeness (QED) is 0.755. The molecular formula is C11H15N5S. The number of hydrogen-bond acceptors (Lipinski definition) is 6. The highest BCUT2D eigenvalue weighted by molar-refractivity contribution is 7.14. The molecule has 0 aliphatic carbocycles. The number of thiophene rings is 1. The molecule has 0 aromatic carbocycles. The van der Waals surface area contributed by atoms with Crippen LogP contribution in [0.25, 0.3) is 0 Å². The van der Waals surface area contributed by atoms with Crippen molar-refractivity contribution in [1.29, 1.82) is 0 Å². The van der Waals surface area contributed by atoms with Crippen LogP contribution in [0, 0.1) is 6.92 Å². The van der Waals surface area contributed by atoms with Gasteiger partial charge >= 0.3 is 0 Å². The summed E-state index contributed by atoms with van der Waals surface area (Å²) in [7, 11) is 0. The third kappa shape index (κ3) is 3.15. The van der Waals surface area contributed by atoms with Crippen LogP contribution in [0.5, 0.6) is 0 Å². The lowest BCUT2D eigenvalue weighted by Crippen LogP contribution is -2.14. The van der Waals surface area contributed by atoms with Crippen LogP contribution < -0.4 is 16.4 Å². The normalized spacial score (nSPS) is 10.2. The van der Waals surface area contributed by atoms with E-state index in [0.29, 0.717) is 13.1 Å². The van der Waals surface area contributed by atoms with Gasteiger partial charge in [-0.2, -0.15) is 0 Å². The van der Waals surface area contributed by atoms with Gasteiger partial charge in [-0.1, -0.05) is 0 Å². The van der Waals surface area contributed by atoms with Gasteiger partial charge in [-0.15, -0.1) is 11.3 Å². The zero-order valence-corrected chi connectivity index (χ0v) is 10.4. The molecule has 0 atom stereocenters. The Kier molecular flexibility index (Phi) is 3.89. The van der Waals surface area contributed by atoms with E-state index in [1.54, 1.807) is 11.3 Å². The Labute approximate surface area is 104 Å². The summed E-state index contributed by atoms with van der Waals surface area (Å²) in [5.41, 5.74) is 6.64. The third-order valence-corrected chi connectivity index (χ3v) is 3.15. The molecule has 2 aromatic heterocycles. The molecule has 4 N–H and O–H groups in total. The van der Waals surface area contributed by atoms with E-state index in [1.165, 1.54) is 11.9 Å². The fourth-order valence-corrected chi connectivity index (χ4v) is 2.17. The molecule has 2 heterocycles. The van der Waals surface area contributed by atoms with Gasteiger partial charge in [0.15, 0.2) is 0 Å². The van der Waals surface area contributed by atoms with Crippen molar-refractivity contribution in [2.45, 2.75) is 6.92 Å². The van der Waals surface area contributed by atoms with E-state index in [2.05, 4.69) is 33.6 Å². The van der Waals surface area contributed by atoms with Gasteiger partial charge in [0.1, 0.15) is 18.0 Å². The average molecular weight is 249 g/mol. The summed E-state index contributed by atoms with van der Waals surface area (Å²) in [6.45, 7) is 3.35. The number of aromatic nitrogens is 2. The molecule has 0 fully saturated rings. The minimum absolute atomic E-state index is 0.580. The smallest absolute Gasteiger partial charge is 0.136 e. The predicted molar refractivity (Wildman–Crippen MR) is 71.9 cm³/mol. The van der Waals surface area contributed by atoms with E-state index in [1.807, 2.05) is 11.4 Å². The topological polar surface area (TPSA) is 75.9 Å². The molecule has 0 spiro atoms. The van der Waals surface area contributed by atoms with Crippen LogP contribution in [-0.2, 0) is 0 Å². The molecule has 6 heteroatoms. The lowest BCUT2D eigenvalue weighted by molar-refractivity contribution is 1.00. The van der Waals surface area contributed by atoms with E-state index in [-0.39, 0.29) is 0 Å². The van der Waals surface area contributed by atoms with Gasteiger partial charge in [0, 0.05) is 19.2 Å². The fourth-order valence-electron chi connectivity index (χ4n) is 1.34. The van der Waals surface area contributed by atoms with Crippen LogP contribution in [0.3, 0.4) is 0 Å². The Hall–Kier alpha value is -1.66. The molecule has 2 aromatic rings. The van der Waals surface area contributed by atoms with Crippen molar-refractivity contribution in [3.63, 3.8) is 0 Å². The number of nitrogens with zero attached hydrogens (tertiary/aromatic N) is 2. The lowest BCUT2D eigenvalue weighted by atomic mass is 10.3. The molecule has 90 valence electrons. The first-order valence-electron chi connectivity index (χ1n) is 5.36. The Balaban J connectivity index is 2.08. The van der Waals surface area contributed by atoms with Crippen LogP contribution in [0.4, 0.5) is 16.6 Å². The highest BCUT2D eigenvalue weighted by Crippen LogP contribution is 2.25. The Morgan fingerprint density at radius 1 is 1.35 bits per heavy atom. The number of rotatable bonds is 5. The van der Waals surface area contributed by atoms with E-state index >= 15 is 0 Å². The van der Waals surface area contributed by atoms with E-state index in [9.17, 15) is 0 Å². The zero-order valence-electron chi connectivity index (χ0n) is 9.60. The molecule has 0 aliphatic rings. The van der Waals surface area contributed by atoms with Crippen LogP contribution in [0.2, 0.25) is 0 Å². The summed E-state index contributed by atoms with van der Waals surface area (Å²) in [6, 6.07) is 3.94. The second-order valence-corrected chi connectivity index (χ2v) is 4.48. The predicted octanol–water partition coefficient (Wildman–Crippen LogP) is 1.96. The van der Waals surface area contributed by atoms with Gasteiger partial charge in [0.05, 0.1) is 5.00 Å². The Bertz CT molecular complexity index is 482. The van der Waals surface area contributed by atoms with Crippen molar-refractivity contribution in [3.8, 4) is 0 Å². The average Bonchev–Trinajstić information content (AvgIpc) is 2.73. The molecule has 0 amide bonds. The summed E-state index contributed by atoms with van der Waals surface area (Å²) in [4.78, 5) is 8.29. The van der Waals surface area contributed by atoms with Crippen molar-refractivity contribution < 1.29 is 0 Å². The fraction of sp³-hybridized carbons (Fsp3) is 0.273. The largest absolute Gasteiger partial charge is 0.369 e. The number of aryl methyl sites for hydroxylation is 1. The molecule has 0 saturated heterocycles. The van der Waals surface area contributed by atoms with E-state index in [0.717, 1.165) is 16.6 Å². The van der Waals surface area contributed by atoms with Crippen LogP contribution in [0.15, 0.2) is 23.8 Å². The molecule has 5 nitrogen and oxygen atoms in total. The molecule has 0 unspecified atom stereocenters. The van der Waals surface area contributed by atoms with Crippen molar-refractivity contribution >= 4 is 28.0 Å². The zero-order chi connectivity index (χ0) is 12.1. The number of hydrogen-bond donors (Lipinski definition) is 3. The van der Waals surface area contributed by atoms with Gasteiger partial charge in [-0.05, 0) is 23.9 Å². The molecule has 0 saturated carbocycles. The summed E-state index contributed by atoms with van der Waals surface area (Å²) in [5.74, 6) is 1.56. The maximum atomic E-state index is 5.42. The second kappa shape index (κ2) is 5.60. The summed E-state index contributed by atoms with van der Waals surface area (Å²) in [6.07, 6.45) is 1.53. The van der Waals surface area contributed by atoms with Gasteiger partial charge < -0.3 is 16.4 Å². The van der Waals surface area contributed by atoms with Gasteiger partial charge in [0.25, 0.3) is 0 Å². The number of anilines is 3. The summed E-state index contributed by atoms with van der Waals surface area (Å²) >= 11 is 1.66. The first kappa shape index (κ1) is 11.8. The van der Waals surface area contributed by atoms with Crippen molar-refractivity contribution in [3.05, 3.63) is 29.4 Å². The van der Waals surface area contributed by atoms with Crippen LogP contribution in [0.1, 0.15) is 5.56 Å². The van der Waals surface area contributed by atoms with Gasteiger partial charge in [-0.25, -0.2) is 9.97 Å². The minimum Gasteiger partial charge on any atom is -0.369 e. The highest BCUT2D eigenvalue weighted by Gasteiger charge is 2.02. The lowest BCUT2D eigenvalue weighted by Gasteiger charge is -2.07. The van der Waals surface area contributed by atoms with Gasteiger partial charge in [0.2, 0.25) is 0 Å². The molecule has 0 bridgehead atoms. The van der Waals surface area contributed by atoms with Gasteiger partial charge in [-0.3, -0.25) is 0 Å². The number of nitrogens with two attached hydrogens (primary N) is 1. The van der Waals surface area contributed by atoms with E-state index in [4.69, 9.17) is 5.73 Å². The third-order valence-electron chi connectivity index (χ3n) is 2.22. The van der Waals surface area contributed by atoms with Crippen LogP contribution >= 0.6 is 11.3 Å². The molecule has 2 rings (SSSR count). The maximum absolute atomic E-state index is 5.42. The van der Waals surface area contributed by atoms with Crippen molar-refractivity contribution in [2.75, 3.05) is 23.7 Å². The molecule has 0 radical (unpaired) electrons. The van der Waals surface area contributed by atoms with Crippen LogP contribution in [-0.4, -0.2) is 23.1 Å². The van der Waals surface area contributed by atoms with Crippen molar-refractivity contribution in [2.24, 2.45) is 5.73 Å². The van der Waals surface area contributed by atoms with E-state index < -0.39 is 0 Å². The Morgan fingerprint density at radius 2 is 2.18 bits per heavy atom. The first-order valence-corrected chi connectivity index (χ1v) is 6.24. The van der Waals surface area contributed by atoms with Crippen molar-refractivity contribution in [1.82, 2.24) is 9.97 Å². The Morgan fingerprint density at radius 3 is 2.88 bits per heavy atom. The molecule has 17 heavy (non-hydrogen) atoms. The monoisotopic (exact) mass is 249 g/mol. The first-order chi connectivity index (χ1) is 8.29. The highest BCUT2D eigenvalue weighted by atomic mass is 32.1. The standard InChI is InChI=1S/C11H15N5S/c1-8-2-5-17-11(8)16-10-6-9(13-4-3-12)14-7-15-10/h2,5-7H,3-4,12H2,1H3,(H2,13,14,15,16). The number of nitrogens with one attached hydrogen (secondary N) is 2. The molecule has 0 aliphatic heterocycles. The summed E-state index contributed by atoms with van der Waals surface area (Å²) < 4.78 is 0. The summed E-state index contributed by atoms with van der Waals surface area (Å²) in [5, 5.41) is 9.53. The second-order valence-electron chi connectivity index (χ2n) is 3.56. The minimum atomic E-state index is 0.580. The SMILES string of the molecule is Cc1ccsc1Nc1cc(NCCN)ncn1.